The van der Waals surface area contributed by atoms with Gasteiger partial charge in [-0.25, -0.2) is 9.97 Å². The van der Waals surface area contributed by atoms with E-state index in [1.54, 1.807) is 0 Å². The Morgan fingerprint density at radius 3 is 2.44 bits per heavy atom. The number of aromatic nitrogens is 2. The molecule has 0 amide bonds. The molecule has 140 valence electrons. The van der Waals surface area contributed by atoms with Gasteiger partial charge in [-0.1, -0.05) is 6.92 Å². The maximum atomic E-state index is 5.84. The lowest BCUT2D eigenvalue weighted by atomic mass is 9.93. The lowest BCUT2D eigenvalue weighted by Gasteiger charge is -2.37. The second-order valence-electron chi connectivity index (χ2n) is 7.85. The van der Waals surface area contributed by atoms with Crippen molar-refractivity contribution in [1.29, 1.82) is 0 Å². The van der Waals surface area contributed by atoms with Crippen LogP contribution in [0.1, 0.15) is 51.6 Å². The van der Waals surface area contributed by atoms with Crippen molar-refractivity contribution in [2.24, 2.45) is 5.92 Å². The predicted octanol–water partition coefficient (Wildman–Crippen LogP) is 3.06. The number of piperidine rings is 1. The molecular formula is C20H34N4O. The fourth-order valence-electron chi connectivity index (χ4n) is 4.24. The molecule has 3 heterocycles. The van der Waals surface area contributed by atoms with E-state index in [9.17, 15) is 0 Å². The fraction of sp³-hybridized carbons (Fsp3) is 0.800. The van der Waals surface area contributed by atoms with Crippen molar-refractivity contribution in [3.8, 4) is 0 Å². The molecule has 0 spiro atoms. The third kappa shape index (κ3) is 5.14. The van der Waals surface area contributed by atoms with Gasteiger partial charge in [0.05, 0.1) is 12.2 Å². The monoisotopic (exact) mass is 346 g/mol. The topological polar surface area (TPSA) is 41.5 Å². The Kier molecular flexibility index (Phi) is 6.29. The molecule has 1 aromatic heterocycles. The summed E-state index contributed by atoms with van der Waals surface area (Å²) in [5.41, 5.74) is 1.15. The van der Waals surface area contributed by atoms with E-state index >= 15 is 0 Å². The van der Waals surface area contributed by atoms with E-state index in [4.69, 9.17) is 4.74 Å². The number of nitrogens with zero attached hydrogens (tertiary/aromatic N) is 4. The van der Waals surface area contributed by atoms with Crippen LogP contribution in [0.5, 0.6) is 0 Å². The van der Waals surface area contributed by atoms with Crippen molar-refractivity contribution < 1.29 is 4.74 Å². The molecule has 0 N–H and O–H groups in total. The van der Waals surface area contributed by atoms with Crippen LogP contribution < -0.4 is 4.90 Å². The Labute approximate surface area is 152 Å². The van der Waals surface area contributed by atoms with Gasteiger partial charge in [-0.15, -0.1) is 0 Å². The van der Waals surface area contributed by atoms with Crippen LogP contribution in [0, 0.1) is 12.8 Å². The molecule has 0 bridgehead atoms. The molecule has 0 saturated carbocycles. The molecule has 2 fully saturated rings. The van der Waals surface area contributed by atoms with Crippen molar-refractivity contribution >= 4 is 5.82 Å². The molecule has 0 aliphatic carbocycles. The molecule has 2 aliphatic heterocycles. The van der Waals surface area contributed by atoms with Crippen LogP contribution in [0.2, 0.25) is 0 Å². The molecule has 2 saturated heterocycles. The molecule has 2 aliphatic rings. The number of anilines is 1. The van der Waals surface area contributed by atoms with E-state index in [1.165, 1.54) is 25.8 Å². The maximum absolute atomic E-state index is 5.84. The molecule has 25 heavy (non-hydrogen) atoms. The van der Waals surface area contributed by atoms with E-state index in [0.717, 1.165) is 55.9 Å². The highest BCUT2D eigenvalue weighted by Crippen LogP contribution is 2.25. The average Bonchev–Trinajstić information content (AvgIpc) is 2.59. The zero-order valence-electron chi connectivity index (χ0n) is 16.4. The summed E-state index contributed by atoms with van der Waals surface area (Å²) in [4.78, 5) is 14.2. The molecular weight excluding hydrogens is 312 g/mol. The second kappa shape index (κ2) is 8.45. The van der Waals surface area contributed by atoms with E-state index in [1.807, 2.05) is 6.92 Å². The van der Waals surface area contributed by atoms with Gasteiger partial charge in [0.2, 0.25) is 0 Å². The van der Waals surface area contributed by atoms with Gasteiger partial charge in [0.25, 0.3) is 0 Å². The van der Waals surface area contributed by atoms with Crippen LogP contribution in [0.3, 0.4) is 0 Å². The minimum atomic E-state index is 0.374. The largest absolute Gasteiger partial charge is 0.373 e. The van der Waals surface area contributed by atoms with Crippen molar-refractivity contribution in [3.63, 3.8) is 0 Å². The molecule has 2 atom stereocenters. The zero-order valence-corrected chi connectivity index (χ0v) is 16.4. The number of morpholine rings is 1. The van der Waals surface area contributed by atoms with Gasteiger partial charge in [-0.3, -0.25) is 4.90 Å². The molecule has 2 unspecified atom stereocenters. The number of hydrogen-bond donors (Lipinski definition) is 0. The Morgan fingerprint density at radius 2 is 1.80 bits per heavy atom. The van der Waals surface area contributed by atoms with Gasteiger partial charge >= 0.3 is 0 Å². The van der Waals surface area contributed by atoms with Crippen LogP contribution in [0.4, 0.5) is 5.82 Å². The quantitative estimate of drug-likeness (QED) is 0.820. The first-order chi connectivity index (χ1) is 12.0. The molecule has 5 nitrogen and oxygen atoms in total. The lowest BCUT2D eigenvalue weighted by molar-refractivity contribution is -0.0690. The van der Waals surface area contributed by atoms with Crippen LogP contribution in [-0.4, -0.2) is 59.8 Å². The van der Waals surface area contributed by atoms with E-state index < -0.39 is 0 Å². The van der Waals surface area contributed by atoms with E-state index in [-0.39, 0.29) is 0 Å². The number of hydrogen-bond acceptors (Lipinski definition) is 5. The summed E-state index contributed by atoms with van der Waals surface area (Å²) in [5.74, 6) is 2.86. The summed E-state index contributed by atoms with van der Waals surface area (Å²) in [5, 5.41) is 0. The van der Waals surface area contributed by atoms with Gasteiger partial charge in [0.15, 0.2) is 0 Å². The Bertz CT molecular complexity index is 547. The first-order valence-corrected chi connectivity index (χ1v) is 10.0. The summed E-state index contributed by atoms with van der Waals surface area (Å²) >= 11 is 0. The number of aryl methyl sites for hydroxylation is 2. The van der Waals surface area contributed by atoms with Crippen molar-refractivity contribution in [2.45, 2.75) is 65.6 Å². The fourth-order valence-corrected chi connectivity index (χ4v) is 4.24. The average molecular weight is 347 g/mol. The van der Waals surface area contributed by atoms with Crippen molar-refractivity contribution in [3.05, 3.63) is 17.6 Å². The summed E-state index contributed by atoms with van der Waals surface area (Å²) in [6.07, 6.45) is 5.60. The first kappa shape index (κ1) is 18.6. The van der Waals surface area contributed by atoms with Crippen molar-refractivity contribution in [2.75, 3.05) is 37.6 Å². The Morgan fingerprint density at radius 1 is 1.12 bits per heavy atom. The molecule has 1 aromatic rings. The van der Waals surface area contributed by atoms with Gasteiger partial charge in [0, 0.05) is 37.9 Å². The minimum Gasteiger partial charge on any atom is -0.373 e. The zero-order chi connectivity index (χ0) is 17.8. The van der Waals surface area contributed by atoms with Gasteiger partial charge in [-0.2, -0.15) is 0 Å². The van der Waals surface area contributed by atoms with Crippen molar-refractivity contribution in [1.82, 2.24) is 14.9 Å². The minimum absolute atomic E-state index is 0.374. The van der Waals surface area contributed by atoms with E-state index in [0.29, 0.717) is 12.2 Å². The SMILES string of the molecule is CCc1cc(N2CCC(CCN3CC(C)OC(C)C3)CC2)nc(C)n1. The number of ether oxygens (including phenoxy) is 1. The Balaban J connectivity index is 1.46. The standard InChI is InChI=1S/C20H34N4O/c1-5-19-12-20(22-17(4)21-19)24-10-7-18(8-11-24)6-9-23-13-15(2)25-16(3)14-23/h12,15-16,18H,5-11,13-14H2,1-4H3. The summed E-state index contributed by atoms with van der Waals surface area (Å²) in [7, 11) is 0. The van der Waals surface area contributed by atoms with Gasteiger partial charge < -0.3 is 9.64 Å². The molecule has 0 radical (unpaired) electrons. The highest BCUT2D eigenvalue weighted by Gasteiger charge is 2.25. The first-order valence-electron chi connectivity index (χ1n) is 10.0. The summed E-state index contributed by atoms with van der Waals surface area (Å²) in [6.45, 7) is 14.2. The number of rotatable bonds is 5. The third-order valence-electron chi connectivity index (χ3n) is 5.53. The van der Waals surface area contributed by atoms with E-state index in [2.05, 4.69) is 46.6 Å². The Hall–Kier alpha value is -1.20. The molecule has 3 rings (SSSR count). The summed E-state index contributed by atoms with van der Waals surface area (Å²) in [6, 6.07) is 2.17. The maximum Gasteiger partial charge on any atom is 0.132 e. The van der Waals surface area contributed by atoms with Gasteiger partial charge in [0.1, 0.15) is 11.6 Å². The smallest absolute Gasteiger partial charge is 0.132 e. The molecule has 0 aromatic carbocycles. The van der Waals surface area contributed by atoms with Gasteiger partial charge in [-0.05, 0) is 58.9 Å². The highest BCUT2D eigenvalue weighted by molar-refractivity contribution is 5.40. The van der Waals surface area contributed by atoms with Crippen LogP contribution in [0.15, 0.2) is 6.07 Å². The third-order valence-corrected chi connectivity index (χ3v) is 5.53. The summed E-state index contributed by atoms with van der Waals surface area (Å²) < 4.78 is 5.84. The van der Waals surface area contributed by atoms with Crippen LogP contribution in [-0.2, 0) is 11.2 Å². The molecule has 5 heteroatoms. The second-order valence-corrected chi connectivity index (χ2v) is 7.85. The lowest BCUT2D eigenvalue weighted by Crippen LogP contribution is -2.46. The normalized spacial score (nSPS) is 26.2. The highest BCUT2D eigenvalue weighted by atomic mass is 16.5. The van der Waals surface area contributed by atoms with Crippen LogP contribution in [0.25, 0.3) is 0 Å². The predicted molar refractivity (Wildman–Crippen MR) is 102 cm³/mol. The van der Waals surface area contributed by atoms with Crippen LogP contribution >= 0.6 is 0 Å².